The number of aromatic nitrogens is 2. The lowest BCUT2D eigenvalue weighted by Crippen LogP contribution is -2.19. The molecule has 2 amide bonds. The quantitative estimate of drug-likeness (QED) is 0.280. The number of urea groups is 1. The van der Waals surface area contributed by atoms with Crippen LogP contribution in [0.1, 0.15) is 0 Å². The molecule has 0 atom stereocenters. The Bertz CT molecular complexity index is 1350. The molecular weight excluding hydrogens is 466 g/mol. The molecule has 1 aromatic heterocycles. The fraction of sp³-hybridized carbons (Fsp3) is 0.0870. The third-order valence-corrected chi connectivity index (χ3v) is 4.87. The highest BCUT2D eigenvalue weighted by Gasteiger charge is 2.11. The maximum Gasteiger partial charge on any atom is 0.323 e. The molecule has 0 bridgehead atoms. The molecule has 3 aromatic carbocycles. The van der Waals surface area contributed by atoms with Crippen molar-refractivity contribution in [2.24, 2.45) is 5.73 Å². The normalized spacial score (nSPS) is 10.7. The zero-order chi connectivity index (χ0) is 24.1. The van der Waals surface area contributed by atoms with E-state index in [9.17, 15) is 13.6 Å². The molecule has 0 aliphatic carbocycles. The third kappa shape index (κ3) is 5.66. The first-order valence-electron chi connectivity index (χ1n) is 10.1. The van der Waals surface area contributed by atoms with E-state index in [2.05, 4.69) is 25.9 Å². The van der Waals surface area contributed by atoms with Crippen LogP contribution in [0.4, 0.5) is 30.8 Å². The van der Waals surface area contributed by atoms with Crippen LogP contribution in [0, 0.1) is 11.6 Å². The summed E-state index contributed by atoms with van der Waals surface area (Å²) in [4.78, 5) is 20.9. The summed E-state index contributed by atoms with van der Waals surface area (Å²) < 4.78 is 33.8. The highest BCUT2D eigenvalue weighted by molar-refractivity contribution is 6.30. The van der Waals surface area contributed by atoms with Crippen LogP contribution in [-0.2, 0) is 0 Å². The van der Waals surface area contributed by atoms with Crippen LogP contribution in [0.3, 0.4) is 0 Å². The van der Waals surface area contributed by atoms with Crippen molar-refractivity contribution >= 4 is 45.9 Å². The highest BCUT2D eigenvalue weighted by Crippen LogP contribution is 2.29. The number of carbonyl (C=O) groups is 1. The number of amides is 2. The van der Waals surface area contributed by atoms with Crippen LogP contribution >= 0.6 is 11.6 Å². The van der Waals surface area contributed by atoms with Crippen LogP contribution in [-0.4, -0.2) is 29.1 Å². The summed E-state index contributed by atoms with van der Waals surface area (Å²) in [6.07, 6.45) is 1.60. The Kier molecular flexibility index (Phi) is 7.00. The first-order chi connectivity index (χ1) is 16.4. The molecule has 0 aliphatic rings. The molecule has 4 rings (SSSR count). The van der Waals surface area contributed by atoms with E-state index in [0.29, 0.717) is 35.7 Å². The predicted molar refractivity (Wildman–Crippen MR) is 128 cm³/mol. The van der Waals surface area contributed by atoms with E-state index in [1.54, 1.807) is 24.4 Å². The van der Waals surface area contributed by atoms with E-state index in [1.165, 1.54) is 24.3 Å². The molecule has 4 aromatic rings. The Hall–Kier alpha value is -4.02. The lowest BCUT2D eigenvalue weighted by Gasteiger charge is -2.11. The number of nitrogens with zero attached hydrogens (tertiary/aromatic N) is 2. The predicted octanol–water partition coefficient (Wildman–Crippen LogP) is 5.37. The van der Waals surface area contributed by atoms with Crippen molar-refractivity contribution in [3.05, 3.63) is 77.5 Å². The molecule has 0 aliphatic heterocycles. The molecule has 5 N–H and O–H groups in total. The van der Waals surface area contributed by atoms with Gasteiger partial charge in [-0.2, -0.15) is 0 Å². The Morgan fingerprint density at radius 1 is 0.971 bits per heavy atom. The van der Waals surface area contributed by atoms with Crippen LogP contribution in [0.15, 0.2) is 60.8 Å². The van der Waals surface area contributed by atoms with E-state index in [1.807, 2.05) is 0 Å². The fourth-order valence-electron chi connectivity index (χ4n) is 3.00. The SMILES string of the molecule is NCCNc1cnc2ccc(Oc3ccc(NC(=O)Nc4ccc(Cl)c(F)c4)cc3F)cc2n1. The number of fused-ring (bicyclic) bond motifs is 1. The molecule has 0 spiro atoms. The Morgan fingerprint density at radius 2 is 1.71 bits per heavy atom. The largest absolute Gasteiger partial charge is 0.454 e. The molecule has 11 heteroatoms. The molecule has 0 saturated carbocycles. The van der Waals surface area contributed by atoms with Gasteiger partial charge in [-0.15, -0.1) is 0 Å². The van der Waals surface area contributed by atoms with Gasteiger partial charge in [0.2, 0.25) is 0 Å². The number of nitrogens with one attached hydrogen (secondary N) is 3. The van der Waals surface area contributed by atoms with Gasteiger partial charge in [0.1, 0.15) is 17.4 Å². The second-order valence-corrected chi connectivity index (χ2v) is 7.48. The van der Waals surface area contributed by atoms with Gasteiger partial charge in [-0.3, -0.25) is 4.98 Å². The summed E-state index contributed by atoms with van der Waals surface area (Å²) in [6, 6.07) is 12.1. The van der Waals surface area contributed by atoms with Gasteiger partial charge in [0.05, 0.1) is 22.3 Å². The van der Waals surface area contributed by atoms with Gasteiger partial charge in [-0.1, -0.05) is 11.6 Å². The molecular formula is C23H19ClF2N6O2. The number of benzene rings is 3. The van der Waals surface area contributed by atoms with E-state index in [0.717, 1.165) is 12.1 Å². The van der Waals surface area contributed by atoms with Crippen molar-refractivity contribution in [2.75, 3.05) is 29.0 Å². The van der Waals surface area contributed by atoms with E-state index in [-0.39, 0.29) is 22.1 Å². The molecule has 8 nitrogen and oxygen atoms in total. The Labute approximate surface area is 198 Å². The van der Waals surface area contributed by atoms with Crippen molar-refractivity contribution in [3.8, 4) is 11.5 Å². The van der Waals surface area contributed by atoms with E-state index >= 15 is 0 Å². The van der Waals surface area contributed by atoms with Gasteiger partial charge in [-0.25, -0.2) is 18.6 Å². The van der Waals surface area contributed by atoms with Crippen molar-refractivity contribution in [1.82, 2.24) is 9.97 Å². The summed E-state index contributed by atoms with van der Waals surface area (Å²) in [6.45, 7) is 1.00. The van der Waals surface area contributed by atoms with Crippen molar-refractivity contribution < 1.29 is 18.3 Å². The van der Waals surface area contributed by atoms with Crippen molar-refractivity contribution in [1.29, 1.82) is 0 Å². The van der Waals surface area contributed by atoms with Crippen molar-refractivity contribution in [3.63, 3.8) is 0 Å². The van der Waals surface area contributed by atoms with Gasteiger partial charge in [0.15, 0.2) is 11.6 Å². The number of ether oxygens (including phenoxy) is 1. The molecule has 174 valence electrons. The molecule has 0 saturated heterocycles. The average Bonchev–Trinajstić information content (AvgIpc) is 2.81. The number of carbonyl (C=O) groups excluding carboxylic acids is 1. The average molecular weight is 485 g/mol. The maximum atomic E-state index is 14.6. The lowest BCUT2D eigenvalue weighted by atomic mass is 10.2. The second kappa shape index (κ2) is 10.3. The summed E-state index contributed by atoms with van der Waals surface area (Å²) in [5.74, 6) is -0.485. The van der Waals surface area contributed by atoms with E-state index in [4.69, 9.17) is 22.1 Å². The molecule has 0 radical (unpaired) electrons. The number of hydrogen-bond acceptors (Lipinski definition) is 6. The Morgan fingerprint density at radius 3 is 2.41 bits per heavy atom. The van der Waals surface area contributed by atoms with Crippen molar-refractivity contribution in [2.45, 2.75) is 0 Å². The number of rotatable bonds is 7. The van der Waals surface area contributed by atoms with Crippen LogP contribution < -0.4 is 26.4 Å². The van der Waals surface area contributed by atoms with E-state index < -0.39 is 17.7 Å². The Balaban J connectivity index is 1.43. The smallest absolute Gasteiger partial charge is 0.323 e. The fourth-order valence-corrected chi connectivity index (χ4v) is 3.11. The number of hydrogen-bond donors (Lipinski definition) is 4. The minimum Gasteiger partial charge on any atom is -0.454 e. The molecule has 1 heterocycles. The molecule has 34 heavy (non-hydrogen) atoms. The first kappa shape index (κ1) is 23.1. The summed E-state index contributed by atoms with van der Waals surface area (Å²) in [5.41, 5.74) is 7.07. The minimum absolute atomic E-state index is 0.0459. The summed E-state index contributed by atoms with van der Waals surface area (Å²) >= 11 is 5.62. The zero-order valence-electron chi connectivity index (χ0n) is 17.6. The van der Waals surface area contributed by atoms with Gasteiger partial charge < -0.3 is 26.4 Å². The summed E-state index contributed by atoms with van der Waals surface area (Å²) in [5, 5.41) is 7.89. The van der Waals surface area contributed by atoms with Gasteiger partial charge in [0.25, 0.3) is 0 Å². The lowest BCUT2D eigenvalue weighted by molar-refractivity contribution is 0.262. The summed E-state index contributed by atoms with van der Waals surface area (Å²) in [7, 11) is 0. The van der Waals surface area contributed by atoms with Crippen LogP contribution in [0.5, 0.6) is 11.5 Å². The van der Waals surface area contributed by atoms with Crippen LogP contribution in [0.2, 0.25) is 5.02 Å². The first-order valence-corrected chi connectivity index (χ1v) is 10.5. The number of anilines is 3. The molecule has 0 unspecified atom stereocenters. The number of halogens is 3. The maximum absolute atomic E-state index is 14.6. The van der Waals surface area contributed by atoms with Gasteiger partial charge >= 0.3 is 6.03 Å². The van der Waals surface area contributed by atoms with Gasteiger partial charge in [0, 0.05) is 36.6 Å². The molecule has 0 fully saturated rings. The number of nitrogens with two attached hydrogens (primary N) is 1. The highest BCUT2D eigenvalue weighted by atomic mass is 35.5. The zero-order valence-corrected chi connectivity index (χ0v) is 18.4. The standard InChI is InChI=1S/C23H19ClF2N6O2/c24-16-4-1-13(9-17(16)25)30-23(33)31-14-2-6-21(18(26)10-14)34-15-3-5-19-20(11-15)32-22(12-29-19)28-8-7-27/h1-6,9-12H,7-8,27H2,(H,28,32)(H2,30,31,33). The minimum atomic E-state index is -0.695. The monoisotopic (exact) mass is 484 g/mol. The van der Waals surface area contributed by atoms with Gasteiger partial charge in [-0.05, 0) is 42.5 Å². The topological polar surface area (TPSA) is 114 Å². The van der Waals surface area contributed by atoms with Crippen LogP contribution in [0.25, 0.3) is 11.0 Å². The third-order valence-electron chi connectivity index (χ3n) is 4.56. The second-order valence-electron chi connectivity index (χ2n) is 7.08.